The smallest absolute Gasteiger partial charge is 0.493 e. The minimum atomic E-state index is -4.82. The number of benzene rings is 2. The first-order valence-corrected chi connectivity index (χ1v) is 25.5. The number of carbonyl (C=O) groups excluding carboxylic acids is 3. The number of halogens is 2. The number of rotatable bonds is 28. The van der Waals surface area contributed by atoms with E-state index in [9.17, 15) is 47.6 Å². The number of aromatic nitrogens is 1. The van der Waals surface area contributed by atoms with Gasteiger partial charge in [0.15, 0.2) is 23.0 Å². The van der Waals surface area contributed by atoms with Crippen LogP contribution >= 0.6 is 0 Å². The lowest BCUT2D eigenvalue weighted by Crippen LogP contribution is -2.51. The van der Waals surface area contributed by atoms with Gasteiger partial charge in [0.2, 0.25) is 5.91 Å². The SMILES string of the molecule is CCCCC1=CC(CCC(=O)NC(CS(=O)(=O)O)C(=O)CCCOc2cc([N+](=O)[O-])c(C(C)OC(=O)Oc3ccc([N+](=O)[O-])cc3)cc2OC)=[N+]2C1=Cc1c(CCCC)cc(CCC[N+](C)(C)C)n1[B-]2(F)F. The number of hydrogen-bond donors (Lipinski definition) is 2. The van der Waals surface area contributed by atoms with Crippen LogP contribution in [-0.4, -0.2) is 120 Å². The number of carbonyl (C=O) groups is 3. The van der Waals surface area contributed by atoms with Crippen LogP contribution in [0.2, 0.25) is 0 Å². The van der Waals surface area contributed by atoms with Gasteiger partial charge in [-0.1, -0.05) is 26.7 Å². The average Bonchev–Trinajstić information content (AvgIpc) is 3.85. The largest absolute Gasteiger partial charge is 0.737 e. The van der Waals surface area contributed by atoms with Gasteiger partial charge in [-0.15, -0.1) is 0 Å². The topological polar surface area (TPSA) is 249 Å². The fourth-order valence-corrected chi connectivity index (χ4v) is 9.38. The van der Waals surface area contributed by atoms with Gasteiger partial charge in [-0.2, -0.15) is 8.42 Å². The Kier molecular flexibility index (Phi) is 19.0. The molecule has 0 radical (unpaired) electrons. The first kappa shape index (κ1) is 56.4. The van der Waals surface area contributed by atoms with Crippen molar-refractivity contribution in [2.75, 3.05) is 47.2 Å². The van der Waals surface area contributed by atoms with Crippen LogP contribution < -0.4 is 19.5 Å². The van der Waals surface area contributed by atoms with Gasteiger partial charge in [0.05, 0.1) is 62.9 Å². The number of quaternary nitrogens is 1. The minimum absolute atomic E-state index is 0.0299. The van der Waals surface area contributed by atoms with Crippen LogP contribution in [0.1, 0.15) is 114 Å². The van der Waals surface area contributed by atoms with Gasteiger partial charge in [0, 0.05) is 61.2 Å². The maximum Gasteiger partial charge on any atom is 0.737 e. The van der Waals surface area contributed by atoms with Crippen molar-refractivity contribution in [3.63, 3.8) is 0 Å². The summed E-state index contributed by atoms with van der Waals surface area (Å²) in [5.74, 6) is -3.02. The summed E-state index contributed by atoms with van der Waals surface area (Å²) >= 11 is 0. The van der Waals surface area contributed by atoms with Crippen LogP contribution in [0.25, 0.3) is 6.08 Å². The number of amides is 1. The molecule has 2 unspecified atom stereocenters. The third-order valence-corrected chi connectivity index (χ3v) is 13.0. The van der Waals surface area contributed by atoms with Crippen molar-refractivity contribution in [2.45, 2.75) is 110 Å². The average molecular weight is 1030 g/mol. The number of aryl methyl sites for hydroxylation is 2. The van der Waals surface area contributed by atoms with Crippen molar-refractivity contribution < 1.29 is 73.7 Å². The highest BCUT2D eigenvalue weighted by atomic mass is 32.2. The molecule has 0 bridgehead atoms. The zero-order valence-corrected chi connectivity index (χ0v) is 42.5. The van der Waals surface area contributed by atoms with Crippen molar-refractivity contribution in [3.05, 3.63) is 103 Å². The zero-order chi connectivity index (χ0) is 53.1. The van der Waals surface area contributed by atoms with Crippen LogP contribution in [0.15, 0.2) is 59.8 Å². The molecule has 2 atom stereocenters. The van der Waals surface area contributed by atoms with Crippen LogP contribution in [-0.2, 0) is 37.3 Å². The third-order valence-electron chi connectivity index (χ3n) is 12.2. The molecular formula is C48H64BF2N6O14S+. The Bertz CT molecular complexity index is 2740. The Morgan fingerprint density at radius 2 is 1.58 bits per heavy atom. The van der Waals surface area contributed by atoms with Crippen molar-refractivity contribution in [3.8, 4) is 17.2 Å². The predicted molar refractivity (Wildman–Crippen MR) is 264 cm³/mol. The van der Waals surface area contributed by atoms with Gasteiger partial charge >= 0.3 is 13.1 Å². The van der Waals surface area contributed by atoms with E-state index < -0.39 is 81.2 Å². The second kappa shape index (κ2) is 24.3. The molecule has 3 aromatic rings. The van der Waals surface area contributed by atoms with Gasteiger partial charge < -0.3 is 46.3 Å². The number of nitrogens with zero attached hydrogens (tertiary/aromatic N) is 5. The molecule has 0 saturated carbocycles. The Balaban J connectivity index is 1.27. The molecule has 0 spiro atoms. The summed E-state index contributed by atoms with van der Waals surface area (Å²) < 4.78 is 92.6. The first-order chi connectivity index (χ1) is 33.9. The summed E-state index contributed by atoms with van der Waals surface area (Å²) in [7, 11) is 2.58. The number of nitro benzene ring substituents is 2. The normalized spacial score (nSPS) is 14.9. The van der Waals surface area contributed by atoms with E-state index in [-0.39, 0.29) is 53.7 Å². The fraction of sp³-hybridized carbons (Fsp3) is 0.500. The highest BCUT2D eigenvalue weighted by Crippen LogP contribution is 2.41. The molecule has 0 saturated heterocycles. The molecule has 0 fully saturated rings. The lowest BCUT2D eigenvalue weighted by molar-refractivity contribution is -0.870. The molecule has 2 aliphatic heterocycles. The number of ether oxygens (including phenoxy) is 4. The van der Waals surface area contributed by atoms with E-state index in [2.05, 4.69) is 33.4 Å². The molecule has 72 heavy (non-hydrogen) atoms. The number of fused-ring (bicyclic) bond motifs is 2. The second-order valence-electron chi connectivity index (χ2n) is 18.9. The number of methoxy groups -OCH3 is 1. The molecule has 2 aliphatic rings. The van der Waals surface area contributed by atoms with E-state index in [0.29, 0.717) is 47.3 Å². The van der Waals surface area contributed by atoms with Crippen molar-refractivity contribution >= 4 is 58.1 Å². The molecule has 1 aromatic heterocycles. The summed E-state index contributed by atoms with van der Waals surface area (Å²) in [6, 6.07) is 6.94. The number of hydrogen-bond acceptors (Lipinski definition) is 13. The summed E-state index contributed by atoms with van der Waals surface area (Å²) in [6.07, 6.45) is 5.59. The zero-order valence-electron chi connectivity index (χ0n) is 41.7. The van der Waals surface area contributed by atoms with Crippen molar-refractivity contribution in [1.82, 2.24) is 9.79 Å². The lowest BCUT2D eigenvalue weighted by Gasteiger charge is -2.32. The number of nitro groups is 2. The van der Waals surface area contributed by atoms with E-state index in [1.54, 1.807) is 6.08 Å². The molecule has 5 rings (SSSR count). The number of Topliss-reactive ketones (excluding diaryl/α,β-unsaturated/α-hetero) is 1. The third kappa shape index (κ3) is 14.8. The summed E-state index contributed by atoms with van der Waals surface area (Å²) in [5.41, 5.74) is 2.32. The predicted octanol–water partition coefficient (Wildman–Crippen LogP) is 8.31. The van der Waals surface area contributed by atoms with Crippen LogP contribution in [0, 0.1) is 20.2 Å². The Morgan fingerprint density at radius 3 is 2.19 bits per heavy atom. The van der Waals surface area contributed by atoms with E-state index in [1.165, 1.54) is 24.6 Å². The van der Waals surface area contributed by atoms with Gasteiger partial charge in [-0.05, 0) is 81.0 Å². The molecule has 1 amide bonds. The molecule has 0 aliphatic carbocycles. The number of allylic oxidation sites excluding steroid dienone is 2. The molecule has 2 N–H and O–H groups in total. The van der Waals surface area contributed by atoms with Crippen LogP contribution in [0.3, 0.4) is 0 Å². The Labute approximate surface area is 417 Å². The van der Waals surface area contributed by atoms with E-state index in [0.717, 1.165) is 78.2 Å². The Hall–Kier alpha value is -6.53. The number of nitrogens with one attached hydrogen (secondary N) is 1. The summed E-state index contributed by atoms with van der Waals surface area (Å²) in [4.78, 5) is 61.1. The fourth-order valence-electron chi connectivity index (χ4n) is 8.69. The molecular weight excluding hydrogens is 965 g/mol. The standard InChI is InChI=1S/C48H63BF2N6O14S/c1-8-10-14-33-26-36(16-12-24-57(4,5)6)53-41(33)29-42-34(15-11-9-2)27-37(54(42)49(53,50)51)20-23-47(59)52-40(31-72(65,66)67)44(58)17-13-25-69-46-30-43(56(63)64)39(28-45(46)68-7)32(3)70-48(60)71-38-21-18-35(19-22-38)55(61)62/h18-19,21-22,26-30,32,40H,8-17,20,23-25,31H2,1-7H3,(H-,52,59,65,66,67)/p+1. The molecule has 3 heterocycles. The number of non-ortho nitro benzene ring substituents is 1. The highest BCUT2D eigenvalue weighted by molar-refractivity contribution is 7.85. The summed E-state index contributed by atoms with van der Waals surface area (Å²) in [6.45, 7) is 1.49. The van der Waals surface area contributed by atoms with Crippen molar-refractivity contribution in [2.24, 2.45) is 0 Å². The Morgan fingerprint density at radius 1 is 0.903 bits per heavy atom. The first-order valence-electron chi connectivity index (χ1n) is 23.9. The lowest BCUT2D eigenvalue weighted by atomic mass is 9.88. The van der Waals surface area contributed by atoms with Gasteiger partial charge in [0.25, 0.3) is 21.5 Å². The summed E-state index contributed by atoms with van der Waals surface area (Å²) in [5, 5.41) is 25.4. The quantitative estimate of drug-likeness (QED) is 0.0101. The number of unbranched alkanes of at least 4 members (excludes halogenated alkanes) is 2. The monoisotopic (exact) mass is 1030 g/mol. The van der Waals surface area contributed by atoms with E-state index >= 15 is 8.63 Å². The van der Waals surface area contributed by atoms with Gasteiger partial charge in [-0.25, -0.2) is 4.79 Å². The molecule has 392 valence electrons. The van der Waals surface area contributed by atoms with E-state index in [1.807, 2.05) is 19.1 Å². The van der Waals surface area contributed by atoms with Gasteiger partial charge in [0.1, 0.15) is 29.4 Å². The second-order valence-corrected chi connectivity index (χ2v) is 20.4. The van der Waals surface area contributed by atoms with Crippen LogP contribution in [0.4, 0.5) is 24.8 Å². The number of ketones is 1. The maximum absolute atomic E-state index is 17.2. The molecule has 24 heteroatoms. The minimum Gasteiger partial charge on any atom is -0.493 e. The van der Waals surface area contributed by atoms with Crippen LogP contribution in [0.5, 0.6) is 17.2 Å². The van der Waals surface area contributed by atoms with E-state index in [4.69, 9.17) is 18.9 Å². The molecule has 20 nitrogen and oxygen atoms in total. The van der Waals surface area contributed by atoms with Crippen molar-refractivity contribution in [1.29, 1.82) is 0 Å². The highest BCUT2D eigenvalue weighted by Gasteiger charge is 2.54. The van der Waals surface area contributed by atoms with Gasteiger partial charge in [-0.3, -0.25) is 34.4 Å². The molecule has 2 aromatic carbocycles. The maximum atomic E-state index is 17.2.